The fourth-order valence-corrected chi connectivity index (χ4v) is 3.94. The van der Waals surface area contributed by atoms with Gasteiger partial charge in [0.1, 0.15) is 0 Å². The van der Waals surface area contributed by atoms with Crippen molar-refractivity contribution < 1.29 is 0 Å². The molecule has 0 radical (unpaired) electrons. The number of piperidine rings is 1. The summed E-state index contributed by atoms with van der Waals surface area (Å²) in [4.78, 5) is 4.91. The van der Waals surface area contributed by atoms with Gasteiger partial charge in [0.2, 0.25) is 0 Å². The summed E-state index contributed by atoms with van der Waals surface area (Å²) in [6, 6.07) is 9.80. The van der Waals surface area contributed by atoms with Gasteiger partial charge in [-0.1, -0.05) is 18.6 Å². The number of hydrogen-bond donors (Lipinski definition) is 1. The molecular formula is C22H37N5. The van der Waals surface area contributed by atoms with Gasteiger partial charge >= 0.3 is 0 Å². The summed E-state index contributed by atoms with van der Waals surface area (Å²) in [7, 11) is 4.27. The first-order chi connectivity index (χ1) is 13.1. The topological polar surface area (TPSA) is 36.3 Å². The van der Waals surface area contributed by atoms with Gasteiger partial charge in [-0.3, -0.25) is 4.68 Å². The molecule has 2 aromatic rings. The van der Waals surface area contributed by atoms with Gasteiger partial charge in [-0.15, -0.1) is 0 Å². The Morgan fingerprint density at radius 3 is 2.56 bits per heavy atom. The summed E-state index contributed by atoms with van der Waals surface area (Å²) < 4.78 is 2.20. The minimum atomic E-state index is 0.566. The third-order valence-corrected chi connectivity index (χ3v) is 6.17. The molecule has 150 valence electrons. The van der Waals surface area contributed by atoms with Gasteiger partial charge in [0.05, 0.1) is 5.52 Å². The molecule has 3 rings (SSSR count). The van der Waals surface area contributed by atoms with Crippen LogP contribution in [0.2, 0.25) is 0 Å². The van der Waals surface area contributed by atoms with Crippen LogP contribution in [0, 0.1) is 0 Å². The van der Waals surface area contributed by atoms with E-state index in [4.69, 9.17) is 5.10 Å². The second kappa shape index (κ2) is 9.56. The Morgan fingerprint density at radius 2 is 1.81 bits per heavy atom. The van der Waals surface area contributed by atoms with Crippen LogP contribution in [0.3, 0.4) is 0 Å². The van der Waals surface area contributed by atoms with Gasteiger partial charge in [-0.25, -0.2) is 0 Å². The third kappa shape index (κ3) is 5.23. The molecule has 1 aliphatic heterocycles. The number of aryl methyl sites for hydroxylation is 1. The average molecular weight is 372 g/mol. The van der Waals surface area contributed by atoms with Crippen molar-refractivity contribution in [2.24, 2.45) is 0 Å². The number of fused-ring (bicyclic) bond motifs is 1. The van der Waals surface area contributed by atoms with Crippen molar-refractivity contribution in [3.05, 3.63) is 24.3 Å². The predicted molar refractivity (Wildman–Crippen MR) is 115 cm³/mol. The van der Waals surface area contributed by atoms with Gasteiger partial charge in [-0.2, -0.15) is 5.10 Å². The van der Waals surface area contributed by atoms with Crippen LogP contribution in [-0.2, 0) is 6.54 Å². The SMILES string of the molecule is CC(CCNc1nn(CCC(C)N2CCCCC2)c2ccccc12)N(C)C. The normalized spacial score (nSPS) is 18.1. The highest BCUT2D eigenvalue weighted by Crippen LogP contribution is 2.24. The van der Waals surface area contributed by atoms with Crippen molar-refractivity contribution in [3.8, 4) is 0 Å². The molecule has 1 aliphatic rings. The minimum absolute atomic E-state index is 0.566. The zero-order chi connectivity index (χ0) is 19.2. The molecule has 5 heteroatoms. The Kier molecular flexibility index (Phi) is 7.13. The largest absolute Gasteiger partial charge is 0.368 e. The molecule has 0 saturated carbocycles. The highest BCUT2D eigenvalue weighted by Gasteiger charge is 2.17. The summed E-state index contributed by atoms with van der Waals surface area (Å²) in [6.45, 7) is 9.09. The van der Waals surface area contributed by atoms with E-state index < -0.39 is 0 Å². The average Bonchev–Trinajstić information content (AvgIpc) is 3.04. The van der Waals surface area contributed by atoms with E-state index in [-0.39, 0.29) is 0 Å². The van der Waals surface area contributed by atoms with Gasteiger partial charge in [0.25, 0.3) is 0 Å². The molecule has 1 saturated heterocycles. The second-order valence-electron chi connectivity index (χ2n) is 8.35. The van der Waals surface area contributed by atoms with E-state index in [2.05, 4.69) is 72.0 Å². The Labute approximate surface area is 164 Å². The summed E-state index contributed by atoms with van der Waals surface area (Å²) in [6.07, 6.45) is 6.38. The second-order valence-corrected chi connectivity index (χ2v) is 8.35. The van der Waals surface area contributed by atoms with Gasteiger partial charge in [0.15, 0.2) is 5.82 Å². The maximum Gasteiger partial charge on any atom is 0.155 e. The number of anilines is 1. The van der Waals surface area contributed by atoms with E-state index in [9.17, 15) is 0 Å². The standard InChI is InChI=1S/C22H37N5/c1-18(25(3)4)12-14-23-22-20-10-6-7-11-21(20)27(24-22)17-13-19(2)26-15-8-5-9-16-26/h6-7,10-11,18-19H,5,8-9,12-17H2,1-4H3,(H,23,24). The number of aromatic nitrogens is 2. The molecular weight excluding hydrogens is 334 g/mol. The van der Waals surface area contributed by atoms with Crippen molar-refractivity contribution in [2.45, 2.75) is 64.6 Å². The van der Waals surface area contributed by atoms with Gasteiger partial charge in [-0.05, 0) is 78.8 Å². The predicted octanol–water partition coefficient (Wildman–Crippen LogP) is 4.05. The molecule has 1 N–H and O–H groups in total. The number of nitrogens with zero attached hydrogens (tertiary/aromatic N) is 4. The molecule has 0 aliphatic carbocycles. The molecule has 27 heavy (non-hydrogen) atoms. The number of nitrogens with one attached hydrogen (secondary N) is 1. The van der Waals surface area contributed by atoms with Gasteiger partial charge < -0.3 is 15.1 Å². The van der Waals surface area contributed by atoms with E-state index in [0.717, 1.165) is 31.7 Å². The first-order valence-corrected chi connectivity index (χ1v) is 10.7. The lowest BCUT2D eigenvalue weighted by Gasteiger charge is -2.32. The Bertz CT molecular complexity index is 702. The molecule has 1 fully saturated rings. The highest BCUT2D eigenvalue weighted by molar-refractivity contribution is 5.90. The lowest BCUT2D eigenvalue weighted by molar-refractivity contribution is 0.162. The molecule has 2 atom stereocenters. The first kappa shape index (κ1) is 20.2. The van der Waals surface area contributed by atoms with Crippen LogP contribution in [0.25, 0.3) is 10.9 Å². The molecule has 5 nitrogen and oxygen atoms in total. The van der Waals surface area contributed by atoms with E-state index in [1.165, 1.54) is 43.3 Å². The van der Waals surface area contributed by atoms with E-state index in [0.29, 0.717) is 12.1 Å². The summed E-state index contributed by atoms with van der Waals surface area (Å²) in [5.74, 6) is 1.03. The Morgan fingerprint density at radius 1 is 1.07 bits per heavy atom. The van der Waals surface area contributed by atoms with E-state index >= 15 is 0 Å². The molecule has 2 heterocycles. The smallest absolute Gasteiger partial charge is 0.155 e. The van der Waals surface area contributed by atoms with Crippen molar-refractivity contribution in [2.75, 3.05) is 39.0 Å². The monoisotopic (exact) mass is 371 g/mol. The molecule has 1 aromatic heterocycles. The van der Waals surface area contributed by atoms with Crippen LogP contribution >= 0.6 is 0 Å². The van der Waals surface area contributed by atoms with Crippen LogP contribution in [0.1, 0.15) is 46.0 Å². The van der Waals surface area contributed by atoms with Crippen molar-refractivity contribution >= 4 is 16.7 Å². The van der Waals surface area contributed by atoms with Crippen molar-refractivity contribution in [3.63, 3.8) is 0 Å². The number of likely N-dealkylation sites (tertiary alicyclic amines) is 1. The van der Waals surface area contributed by atoms with Crippen LogP contribution in [0.4, 0.5) is 5.82 Å². The molecule has 0 bridgehead atoms. The third-order valence-electron chi connectivity index (χ3n) is 6.17. The fourth-order valence-electron chi connectivity index (χ4n) is 3.94. The molecule has 1 aromatic carbocycles. The quantitative estimate of drug-likeness (QED) is 0.721. The van der Waals surface area contributed by atoms with E-state index in [1.54, 1.807) is 0 Å². The molecule has 0 spiro atoms. The molecule has 2 unspecified atom stereocenters. The van der Waals surface area contributed by atoms with Crippen LogP contribution in [-0.4, -0.2) is 65.4 Å². The highest BCUT2D eigenvalue weighted by atomic mass is 15.3. The van der Waals surface area contributed by atoms with Crippen LogP contribution in [0.5, 0.6) is 0 Å². The Hall–Kier alpha value is -1.59. The van der Waals surface area contributed by atoms with Crippen LogP contribution in [0.15, 0.2) is 24.3 Å². The lowest BCUT2D eigenvalue weighted by atomic mass is 10.1. The number of rotatable bonds is 9. The summed E-state index contributed by atoms with van der Waals surface area (Å²) in [5.41, 5.74) is 1.24. The molecule has 0 amide bonds. The van der Waals surface area contributed by atoms with Crippen molar-refractivity contribution in [1.29, 1.82) is 0 Å². The summed E-state index contributed by atoms with van der Waals surface area (Å²) in [5, 5.41) is 9.73. The summed E-state index contributed by atoms with van der Waals surface area (Å²) >= 11 is 0. The fraction of sp³-hybridized carbons (Fsp3) is 0.682. The number of benzene rings is 1. The maximum absolute atomic E-state index is 4.92. The van der Waals surface area contributed by atoms with Gasteiger partial charge in [0, 0.05) is 30.6 Å². The zero-order valence-corrected chi connectivity index (χ0v) is 17.6. The Balaban J connectivity index is 1.63. The minimum Gasteiger partial charge on any atom is -0.368 e. The van der Waals surface area contributed by atoms with Crippen LogP contribution < -0.4 is 5.32 Å². The lowest BCUT2D eigenvalue weighted by Crippen LogP contribution is -2.37. The number of hydrogen-bond acceptors (Lipinski definition) is 4. The maximum atomic E-state index is 4.92. The van der Waals surface area contributed by atoms with E-state index in [1.807, 2.05) is 0 Å². The van der Waals surface area contributed by atoms with Crippen molar-refractivity contribution in [1.82, 2.24) is 19.6 Å². The first-order valence-electron chi connectivity index (χ1n) is 10.7. The zero-order valence-electron chi connectivity index (χ0n) is 17.6. The number of para-hydroxylation sites is 1.